The molecule has 1 amide bonds. The van der Waals surface area contributed by atoms with E-state index in [-0.39, 0.29) is 17.6 Å². The molecule has 3 rings (SSSR count). The summed E-state index contributed by atoms with van der Waals surface area (Å²) in [6.45, 7) is 1.98. The molecule has 6 heteroatoms. The van der Waals surface area contributed by atoms with Crippen LogP contribution in [0.5, 0.6) is 0 Å². The van der Waals surface area contributed by atoms with E-state index in [1.165, 1.54) is 0 Å². The lowest BCUT2D eigenvalue weighted by Crippen LogP contribution is -2.29. The highest BCUT2D eigenvalue weighted by Gasteiger charge is 2.23. The van der Waals surface area contributed by atoms with Gasteiger partial charge in [-0.05, 0) is 30.5 Å². The van der Waals surface area contributed by atoms with Crippen LogP contribution in [0.1, 0.15) is 28.3 Å². The van der Waals surface area contributed by atoms with Crippen molar-refractivity contribution in [1.82, 2.24) is 10.1 Å². The Kier molecular flexibility index (Phi) is 4.50. The van der Waals surface area contributed by atoms with Crippen molar-refractivity contribution in [2.75, 3.05) is 7.05 Å². The van der Waals surface area contributed by atoms with Crippen LogP contribution in [-0.4, -0.2) is 23.0 Å². The molecule has 23 heavy (non-hydrogen) atoms. The summed E-state index contributed by atoms with van der Waals surface area (Å²) in [7, 11) is 1.76. The first kappa shape index (κ1) is 15.8. The van der Waals surface area contributed by atoms with E-state index in [1.807, 2.05) is 42.6 Å². The zero-order valence-corrected chi connectivity index (χ0v) is 14.3. The number of aromatic nitrogens is 1. The van der Waals surface area contributed by atoms with Crippen molar-refractivity contribution in [1.29, 1.82) is 0 Å². The van der Waals surface area contributed by atoms with Crippen LogP contribution < -0.4 is 0 Å². The topological polar surface area (TPSA) is 46.3 Å². The van der Waals surface area contributed by atoms with E-state index >= 15 is 0 Å². The number of hydrogen-bond donors (Lipinski definition) is 0. The molecule has 3 aromatic rings. The lowest BCUT2D eigenvalue weighted by atomic mass is 10.1. The van der Waals surface area contributed by atoms with Crippen LogP contribution in [0.25, 0.3) is 11.3 Å². The average Bonchev–Trinajstić information content (AvgIpc) is 3.24. The van der Waals surface area contributed by atoms with Gasteiger partial charge in [-0.15, -0.1) is 11.3 Å². The number of thiophene rings is 1. The molecule has 0 aliphatic carbocycles. The smallest absolute Gasteiger partial charge is 0.276 e. The van der Waals surface area contributed by atoms with Gasteiger partial charge in [0.1, 0.15) is 0 Å². The molecule has 0 unspecified atom stereocenters. The minimum atomic E-state index is -0.187. The molecule has 0 N–H and O–H groups in total. The second-order valence-electron chi connectivity index (χ2n) is 5.16. The first-order valence-electron chi connectivity index (χ1n) is 7.10. The van der Waals surface area contributed by atoms with Crippen molar-refractivity contribution in [3.05, 3.63) is 63.4 Å². The molecule has 0 radical (unpaired) electrons. The Balaban J connectivity index is 1.83. The van der Waals surface area contributed by atoms with E-state index in [2.05, 4.69) is 5.16 Å². The molecule has 0 spiro atoms. The number of carbonyl (C=O) groups is 1. The minimum Gasteiger partial charge on any atom is -0.355 e. The molecular weight excluding hydrogens is 332 g/mol. The summed E-state index contributed by atoms with van der Waals surface area (Å²) >= 11 is 7.77. The monoisotopic (exact) mass is 346 g/mol. The predicted octanol–water partition coefficient (Wildman–Crippen LogP) is 4.89. The SMILES string of the molecule is C[C@@H](c1cccs1)N(C)C(=O)c1cc(-c2ccccc2Cl)on1. The van der Waals surface area contributed by atoms with Crippen molar-refractivity contribution in [3.63, 3.8) is 0 Å². The van der Waals surface area contributed by atoms with E-state index in [0.717, 1.165) is 10.4 Å². The molecule has 0 aliphatic rings. The zero-order valence-electron chi connectivity index (χ0n) is 12.7. The second kappa shape index (κ2) is 6.56. The molecule has 2 aromatic heterocycles. The fraction of sp³-hybridized carbons (Fsp3) is 0.176. The largest absolute Gasteiger partial charge is 0.355 e. The van der Waals surface area contributed by atoms with E-state index in [4.69, 9.17) is 16.1 Å². The zero-order chi connectivity index (χ0) is 16.4. The van der Waals surface area contributed by atoms with Crippen molar-refractivity contribution in [2.24, 2.45) is 0 Å². The Hall–Kier alpha value is -2.11. The Bertz CT molecular complexity index is 814. The quantitative estimate of drug-likeness (QED) is 0.675. The van der Waals surface area contributed by atoms with Crippen molar-refractivity contribution < 1.29 is 9.32 Å². The van der Waals surface area contributed by atoms with Crippen LogP contribution in [-0.2, 0) is 0 Å². The third kappa shape index (κ3) is 3.16. The van der Waals surface area contributed by atoms with E-state index in [0.29, 0.717) is 10.8 Å². The Labute approximate surface area is 143 Å². The van der Waals surface area contributed by atoms with E-state index in [9.17, 15) is 4.79 Å². The molecular formula is C17H15ClN2O2S. The second-order valence-corrected chi connectivity index (χ2v) is 6.55. The maximum atomic E-state index is 12.6. The minimum absolute atomic E-state index is 0.0250. The molecule has 1 atom stereocenters. The van der Waals surface area contributed by atoms with Gasteiger partial charge in [-0.25, -0.2) is 0 Å². The molecule has 0 saturated heterocycles. The number of nitrogens with zero attached hydrogens (tertiary/aromatic N) is 2. The lowest BCUT2D eigenvalue weighted by molar-refractivity contribution is 0.0734. The number of amides is 1. The van der Waals surface area contributed by atoms with Crippen LogP contribution in [0, 0.1) is 0 Å². The number of carbonyl (C=O) groups excluding carboxylic acids is 1. The molecule has 0 saturated carbocycles. The summed E-state index contributed by atoms with van der Waals surface area (Å²) in [4.78, 5) is 15.4. The fourth-order valence-electron chi connectivity index (χ4n) is 2.24. The van der Waals surface area contributed by atoms with Crippen molar-refractivity contribution in [3.8, 4) is 11.3 Å². The maximum Gasteiger partial charge on any atom is 0.276 e. The predicted molar refractivity (Wildman–Crippen MR) is 91.8 cm³/mol. The highest BCUT2D eigenvalue weighted by molar-refractivity contribution is 7.10. The maximum absolute atomic E-state index is 12.6. The summed E-state index contributed by atoms with van der Waals surface area (Å²) in [5, 5.41) is 6.45. The van der Waals surface area contributed by atoms with E-state index in [1.54, 1.807) is 35.4 Å². The van der Waals surface area contributed by atoms with Gasteiger partial charge in [-0.1, -0.05) is 35.0 Å². The standard InChI is InChI=1S/C17H15ClN2O2S/c1-11(16-8-5-9-23-16)20(2)17(21)14-10-15(22-19-14)12-6-3-4-7-13(12)18/h3-11H,1-2H3/t11-/m0/s1. The number of rotatable bonds is 4. The molecule has 0 fully saturated rings. The van der Waals surface area contributed by atoms with Gasteiger partial charge in [0, 0.05) is 23.6 Å². The van der Waals surface area contributed by atoms with Crippen molar-refractivity contribution in [2.45, 2.75) is 13.0 Å². The lowest BCUT2D eigenvalue weighted by Gasteiger charge is -2.22. The summed E-state index contributed by atoms with van der Waals surface area (Å²) in [5.41, 5.74) is 0.987. The molecule has 1 aromatic carbocycles. The summed E-state index contributed by atoms with van der Waals surface area (Å²) in [6.07, 6.45) is 0. The average molecular weight is 347 g/mol. The first-order chi connectivity index (χ1) is 11.1. The Morgan fingerprint density at radius 2 is 2.09 bits per heavy atom. The van der Waals surface area contributed by atoms with Crippen molar-refractivity contribution >= 4 is 28.8 Å². The molecule has 118 valence electrons. The van der Waals surface area contributed by atoms with Crippen LogP contribution in [0.4, 0.5) is 0 Å². The summed E-state index contributed by atoms with van der Waals surface area (Å²) in [6, 6.07) is 12.9. The van der Waals surface area contributed by atoms with Gasteiger partial charge in [0.15, 0.2) is 11.5 Å². The highest BCUT2D eigenvalue weighted by Crippen LogP contribution is 2.29. The number of benzene rings is 1. The molecule has 0 aliphatic heterocycles. The van der Waals surface area contributed by atoms with Gasteiger partial charge in [0.25, 0.3) is 5.91 Å². The summed E-state index contributed by atoms with van der Waals surface area (Å²) < 4.78 is 5.29. The van der Waals surface area contributed by atoms with Crippen LogP contribution in [0.2, 0.25) is 5.02 Å². The third-order valence-electron chi connectivity index (χ3n) is 3.72. The van der Waals surface area contributed by atoms with E-state index < -0.39 is 0 Å². The highest BCUT2D eigenvalue weighted by atomic mass is 35.5. The van der Waals surface area contributed by atoms with Crippen LogP contribution in [0.15, 0.2) is 52.4 Å². The van der Waals surface area contributed by atoms with Crippen LogP contribution >= 0.6 is 22.9 Å². The number of halogens is 1. The number of hydrogen-bond acceptors (Lipinski definition) is 4. The Morgan fingerprint density at radius 3 is 2.78 bits per heavy atom. The van der Waals surface area contributed by atoms with Gasteiger partial charge in [-0.3, -0.25) is 4.79 Å². The van der Waals surface area contributed by atoms with Crippen LogP contribution in [0.3, 0.4) is 0 Å². The van der Waals surface area contributed by atoms with Gasteiger partial charge < -0.3 is 9.42 Å². The first-order valence-corrected chi connectivity index (χ1v) is 8.36. The van der Waals surface area contributed by atoms with Gasteiger partial charge in [-0.2, -0.15) is 0 Å². The molecule has 2 heterocycles. The van der Waals surface area contributed by atoms with Gasteiger partial charge in [0.2, 0.25) is 0 Å². The summed E-state index contributed by atoms with van der Waals surface area (Å²) in [5.74, 6) is 0.295. The molecule has 4 nitrogen and oxygen atoms in total. The Morgan fingerprint density at radius 1 is 1.30 bits per heavy atom. The van der Waals surface area contributed by atoms with Gasteiger partial charge in [0.05, 0.1) is 11.1 Å². The third-order valence-corrected chi connectivity index (χ3v) is 5.10. The fourth-order valence-corrected chi connectivity index (χ4v) is 3.30. The van der Waals surface area contributed by atoms with Gasteiger partial charge >= 0.3 is 0 Å². The normalized spacial score (nSPS) is 12.1. The molecule has 0 bridgehead atoms.